The lowest BCUT2D eigenvalue weighted by molar-refractivity contribution is 0.0601. The van der Waals surface area contributed by atoms with Crippen LogP contribution >= 0.6 is 0 Å². The van der Waals surface area contributed by atoms with Gasteiger partial charge in [-0.2, -0.15) is 0 Å². The first kappa shape index (κ1) is 11.8. The first-order valence-electron chi connectivity index (χ1n) is 5.76. The normalized spacial score (nSPS) is 16.4. The van der Waals surface area contributed by atoms with E-state index in [9.17, 15) is 4.79 Å². The Morgan fingerprint density at radius 2 is 2.24 bits per heavy atom. The zero-order valence-corrected chi connectivity index (χ0v) is 10.2. The van der Waals surface area contributed by atoms with Gasteiger partial charge in [0.25, 0.3) is 0 Å². The van der Waals surface area contributed by atoms with Crippen LogP contribution in [0, 0.1) is 5.41 Å². The molecule has 1 aliphatic carbocycles. The van der Waals surface area contributed by atoms with E-state index in [1.807, 2.05) is 6.07 Å². The van der Waals surface area contributed by atoms with Crippen LogP contribution in [0.3, 0.4) is 0 Å². The number of methoxy groups -OCH3 is 1. The predicted octanol–water partition coefficient (Wildman–Crippen LogP) is 2.27. The lowest BCUT2D eigenvalue weighted by Crippen LogP contribution is -2.13. The monoisotopic (exact) mass is 234 g/mol. The second kappa shape index (κ2) is 4.28. The van der Waals surface area contributed by atoms with Gasteiger partial charge in [0.1, 0.15) is 0 Å². The van der Waals surface area contributed by atoms with Crippen LogP contribution in [0.1, 0.15) is 30.1 Å². The number of anilines is 2. The van der Waals surface area contributed by atoms with Crippen LogP contribution in [-0.2, 0) is 4.74 Å². The third-order valence-corrected chi connectivity index (χ3v) is 3.28. The van der Waals surface area contributed by atoms with Crippen molar-refractivity contribution in [3.63, 3.8) is 0 Å². The van der Waals surface area contributed by atoms with E-state index in [1.54, 1.807) is 12.1 Å². The average molecular weight is 234 g/mol. The van der Waals surface area contributed by atoms with Gasteiger partial charge in [0, 0.05) is 6.54 Å². The van der Waals surface area contributed by atoms with Crippen molar-refractivity contribution in [2.24, 2.45) is 5.41 Å². The molecule has 4 heteroatoms. The summed E-state index contributed by atoms with van der Waals surface area (Å²) in [5.74, 6) is -0.364. The first-order chi connectivity index (χ1) is 8.04. The molecule has 0 radical (unpaired) electrons. The number of ether oxygens (including phenoxy) is 1. The van der Waals surface area contributed by atoms with Crippen molar-refractivity contribution in [2.75, 3.05) is 24.7 Å². The number of hydrogen-bond donors (Lipinski definition) is 2. The molecule has 0 atom stereocenters. The molecule has 17 heavy (non-hydrogen) atoms. The Morgan fingerprint density at radius 3 is 2.76 bits per heavy atom. The summed E-state index contributed by atoms with van der Waals surface area (Å²) in [6.45, 7) is 3.17. The van der Waals surface area contributed by atoms with E-state index in [0.717, 1.165) is 12.2 Å². The van der Waals surface area contributed by atoms with Crippen molar-refractivity contribution < 1.29 is 9.53 Å². The van der Waals surface area contributed by atoms with Crippen molar-refractivity contribution in [1.29, 1.82) is 0 Å². The maximum Gasteiger partial charge on any atom is 0.337 e. The highest BCUT2D eigenvalue weighted by Gasteiger charge is 2.36. The fourth-order valence-electron chi connectivity index (χ4n) is 1.67. The molecule has 1 aromatic carbocycles. The van der Waals surface area contributed by atoms with Gasteiger partial charge in [-0.3, -0.25) is 0 Å². The minimum atomic E-state index is -0.364. The molecule has 4 nitrogen and oxygen atoms in total. The molecule has 0 unspecified atom stereocenters. The Balaban J connectivity index is 2.06. The lowest BCUT2D eigenvalue weighted by atomic mass is 10.1. The second-order valence-corrected chi connectivity index (χ2v) is 4.96. The number of carbonyl (C=O) groups is 1. The fourth-order valence-corrected chi connectivity index (χ4v) is 1.67. The summed E-state index contributed by atoms with van der Waals surface area (Å²) < 4.78 is 4.64. The second-order valence-electron chi connectivity index (χ2n) is 4.96. The fraction of sp³-hybridized carbons (Fsp3) is 0.462. The van der Waals surface area contributed by atoms with Crippen molar-refractivity contribution >= 4 is 17.3 Å². The van der Waals surface area contributed by atoms with E-state index in [0.29, 0.717) is 16.7 Å². The van der Waals surface area contributed by atoms with Crippen molar-refractivity contribution in [2.45, 2.75) is 19.8 Å². The van der Waals surface area contributed by atoms with Crippen molar-refractivity contribution in [3.05, 3.63) is 23.8 Å². The molecule has 0 spiro atoms. The molecular formula is C13H18N2O2. The van der Waals surface area contributed by atoms with Gasteiger partial charge in [0.2, 0.25) is 0 Å². The predicted molar refractivity (Wildman–Crippen MR) is 68.0 cm³/mol. The zero-order chi connectivity index (χ0) is 12.5. The van der Waals surface area contributed by atoms with Gasteiger partial charge in [-0.1, -0.05) is 6.92 Å². The number of nitrogens with one attached hydrogen (secondary N) is 1. The minimum Gasteiger partial charge on any atom is -0.465 e. The molecule has 3 N–H and O–H groups in total. The summed E-state index contributed by atoms with van der Waals surface area (Å²) >= 11 is 0. The maximum absolute atomic E-state index is 11.3. The molecule has 0 bridgehead atoms. The first-order valence-corrected chi connectivity index (χ1v) is 5.76. The van der Waals surface area contributed by atoms with Crippen LogP contribution in [-0.4, -0.2) is 19.6 Å². The third-order valence-electron chi connectivity index (χ3n) is 3.28. The molecule has 1 fully saturated rings. The summed E-state index contributed by atoms with van der Waals surface area (Å²) in [5.41, 5.74) is 8.26. The van der Waals surface area contributed by atoms with Crippen LogP contribution in [0.4, 0.5) is 11.4 Å². The van der Waals surface area contributed by atoms with E-state index in [-0.39, 0.29) is 5.97 Å². The molecule has 0 aromatic heterocycles. The van der Waals surface area contributed by atoms with Crippen LogP contribution < -0.4 is 11.1 Å². The van der Waals surface area contributed by atoms with Crippen molar-refractivity contribution in [1.82, 2.24) is 0 Å². The number of hydrogen-bond acceptors (Lipinski definition) is 4. The Hall–Kier alpha value is -1.71. The molecule has 0 heterocycles. The van der Waals surface area contributed by atoms with E-state index >= 15 is 0 Å². The van der Waals surface area contributed by atoms with Crippen molar-refractivity contribution in [3.8, 4) is 0 Å². The Morgan fingerprint density at radius 1 is 1.53 bits per heavy atom. The SMILES string of the molecule is COC(=O)c1ccc(NCC2(C)CC2)c(N)c1. The summed E-state index contributed by atoms with van der Waals surface area (Å²) in [5, 5.41) is 3.32. The van der Waals surface area contributed by atoms with Gasteiger partial charge >= 0.3 is 5.97 Å². The quantitative estimate of drug-likeness (QED) is 0.619. The molecule has 0 saturated heterocycles. The average Bonchev–Trinajstić information content (AvgIpc) is 3.05. The van der Waals surface area contributed by atoms with Gasteiger partial charge < -0.3 is 15.8 Å². The van der Waals surface area contributed by atoms with Crippen LogP contribution in [0.15, 0.2) is 18.2 Å². The maximum atomic E-state index is 11.3. The summed E-state index contributed by atoms with van der Waals surface area (Å²) in [4.78, 5) is 11.3. The van der Waals surface area contributed by atoms with E-state index in [4.69, 9.17) is 5.73 Å². The largest absolute Gasteiger partial charge is 0.465 e. The highest BCUT2D eigenvalue weighted by atomic mass is 16.5. The molecule has 1 saturated carbocycles. The number of nitrogens with two attached hydrogens (primary N) is 1. The summed E-state index contributed by atoms with van der Waals surface area (Å²) in [6, 6.07) is 5.19. The summed E-state index contributed by atoms with van der Waals surface area (Å²) in [6.07, 6.45) is 2.53. The Labute approximate surface area is 101 Å². The standard InChI is InChI=1S/C13H18N2O2/c1-13(5-6-13)8-15-11-4-3-9(7-10(11)14)12(16)17-2/h3-4,7,15H,5-6,8,14H2,1-2H3. The highest BCUT2D eigenvalue weighted by molar-refractivity contribution is 5.91. The molecule has 0 amide bonds. The zero-order valence-electron chi connectivity index (χ0n) is 10.2. The van der Waals surface area contributed by atoms with Gasteiger partial charge in [0.15, 0.2) is 0 Å². The molecular weight excluding hydrogens is 216 g/mol. The minimum absolute atomic E-state index is 0.364. The number of rotatable bonds is 4. The molecule has 1 aromatic rings. The third kappa shape index (κ3) is 2.70. The summed E-state index contributed by atoms with van der Waals surface area (Å²) in [7, 11) is 1.36. The van der Waals surface area contributed by atoms with Crippen LogP contribution in [0.5, 0.6) is 0 Å². The van der Waals surface area contributed by atoms with Gasteiger partial charge in [-0.15, -0.1) is 0 Å². The van der Waals surface area contributed by atoms with Gasteiger partial charge in [-0.05, 0) is 36.5 Å². The molecule has 2 rings (SSSR count). The van der Waals surface area contributed by atoms with Crippen LogP contribution in [0.2, 0.25) is 0 Å². The van der Waals surface area contributed by atoms with Crippen LogP contribution in [0.25, 0.3) is 0 Å². The molecule has 92 valence electrons. The molecule has 0 aliphatic heterocycles. The van der Waals surface area contributed by atoms with E-state index in [1.165, 1.54) is 20.0 Å². The Bertz CT molecular complexity index is 439. The number of nitrogen functional groups attached to an aromatic ring is 1. The number of benzene rings is 1. The Kier molecular flexibility index (Phi) is 2.96. The highest BCUT2D eigenvalue weighted by Crippen LogP contribution is 2.44. The van der Waals surface area contributed by atoms with Gasteiger partial charge in [-0.25, -0.2) is 4.79 Å². The number of esters is 1. The van der Waals surface area contributed by atoms with E-state index in [2.05, 4.69) is 17.0 Å². The smallest absolute Gasteiger partial charge is 0.337 e. The van der Waals surface area contributed by atoms with Gasteiger partial charge in [0.05, 0.1) is 24.0 Å². The molecule has 1 aliphatic rings. The van der Waals surface area contributed by atoms with E-state index < -0.39 is 0 Å². The number of carbonyl (C=O) groups excluding carboxylic acids is 1. The lowest BCUT2D eigenvalue weighted by Gasteiger charge is -2.13. The topological polar surface area (TPSA) is 64.3 Å².